The largest absolute Gasteiger partial charge is 0.739 e. The summed E-state index contributed by atoms with van der Waals surface area (Å²) in [6, 6.07) is 15.3. The van der Waals surface area contributed by atoms with Crippen molar-refractivity contribution in [2.75, 3.05) is 5.32 Å². The topological polar surface area (TPSA) is 95.9 Å². The molecule has 110 valence electrons. The van der Waals surface area contributed by atoms with Gasteiger partial charge in [0.05, 0.1) is 6.42 Å². The Labute approximate surface area is 125 Å². The van der Waals surface area contributed by atoms with Crippen LogP contribution in [0.25, 0.3) is 11.0 Å². The third-order valence-corrected chi connectivity index (χ3v) is 3.14. The SMILES string of the molecule is O=C(Cc1ccccc1)Nc1n[n+]([O-])c2ccccc2[n+]1[O-]. The molecule has 1 N–H and O–H groups in total. The first-order chi connectivity index (χ1) is 10.6. The van der Waals surface area contributed by atoms with Crippen LogP contribution >= 0.6 is 0 Å². The molecule has 7 nitrogen and oxygen atoms in total. The normalized spacial score (nSPS) is 10.5. The van der Waals surface area contributed by atoms with E-state index in [0.29, 0.717) is 9.58 Å². The molecule has 3 rings (SSSR count). The van der Waals surface area contributed by atoms with Gasteiger partial charge >= 0.3 is 5.95 Å². The van der Waals surface area contributed by atoms with Crippen molar-refractivity contribution in [2.24, 2.45) is 0 Å². The fourth-order valence-corrected chi connectivity index (χ4v) is 2.12. The van der Waals surface area contributed by atoms with E-state index in [1.165, 1.54) is 12.1 Å². The highest BCUT2D eigenvalue weighted by Crippen LogP contribution is 2.06. The lowest BCUT2D eigenvalue weighted by molar-refractivity contribution is -0.672. The molecule has 0 saturated carbocycles. The Bertz CT molecular complexity index is 837. The first kappa shape index (κ1) is 13.7. The third-order valence-electron chi connectivity index (χ3n) is 3.14. The molecule has 1 amide bonds. The van der Waals surface area contributed by atoms with Gasteiger partial charge in [-0.05, 0) is 11.6 Å². The van der Waals surface area contributed by atoms with Gasteiger partial charge in [0, 0.05) is 10.9 Å². The molecular weight excluding hydrogens is 284 g/mol. The number of para-hydroxylation sites is 2. The Hall–Kier alpha value is -3.22. The molecule has 2 aromatic carbocycles. The van der Waals surface area contributed by atoms with Crippen LogP contribution in [0.4, 0.5) is 5.95 Å². The predicted molar refractivity (Wildman–Crippen MR) is 78.4 cm³/mol. The number of aromatic nitrogens is 3. The molecule has 0 fully saturated rings. The minimum absolute atomic E-state index is 0.0915. The molecule has 0 bridgehead atoms. The summed E-state index contributed by atoms with van der Waals surface area (Å²) < 4.78 is 0.437. The first-order valence-electron chi connectivity index (χ1n) is 6.61. The standard InChI is InChI=1S/C15H12N4O3/c20-14(10-11-6-2-1-3-7-11)16-15-17-19(22)13-9-5-4-8-12(13)18(15)21/h1-9H,10H2,(H,16,17,20). The molecule has 0 aliphatic heterocycles. The quantitative estimate of drug-likeness (QED) is 0.568. The summed E-state index contributed by atoms with van der Waals surface area (Å²) in [6.45, 7) is 0. The van der Waals surface area contributed by atoms with Crippen LogP contribution in [0, 0.1) is 10.4 Å². The van der Waals surface area contributed by atoms with E-state index in [-0.39, 0.29) is 23.4 Å². The van der Waals surface area contributed by atoms with Crippen molar-refractivity contribution < 1.29 is 14.4 Å². The Balaban J connectivity index is 1.88. The van der Waals surface area contributed by atoms with Gasteiger partial charge in [-0.1, -0.05) is 42.5 Å². The lowest BCUT2D eigenvalue weighted by Crippen LogP contribution is -2.45. The summed E-state index contributed by atoms with van der Waals surface area (Å²) in [6.07, 6.45) is 0.0915. The van der Waals surface area contributed by atoms with Gasteiger partial charge in [-0.25, -0.2) is 10.0 Å². The van der Waals surface area contributed by atoms with Crippen molar-refractivity contribution in [3.63, 3.8) is 0 Å². The number of benzene rings is 2. The molecule has 22 heavy (non-hydrogen) atoms. The van der Waals surface area contributed by atoms with Gasteiger partial charge in [0.1, 0.15) is 0 Å². The Morgan fingerprint density at radius 1 is 1.00 bits per heavy atom. The summed E-state index contributed by atoms with van der Waals surface area (Å²) in [7, 11) is 0. The Morgan fingerprint density at radius 3 is 2.36 bits per heavy atom. The van der Waals surface area contributed by atoms with Gasteiger partial charge in [-0.15, -0.1) is 0 Å². The molecule has 0 radical (unpaired) electrons. The maximum atomic E-state index is 12.2. The van der Waals surface area contributed by atoms with Gasteiger partial charge in [0.25, 0.3) is 11.4 Å². The van der Waals surface area contributed by atoms with E-state index in [1.54, 1.807) is 24.3 Å². The van der Waals surface area contributed by atoms with Gasteiger partial charge in [0.2, 0.25) is 5.10 Å². The van der Waals surface area contributed by atoms with E-state index in [2.05, 4.69) is 10.4 Å². The van der Waals surface area contributed by atoms with Gasteiger partial charge in [-0.2, -0.15) is 0 Å². The van der Waals surface area contributed by atoms with E-state index in [1.807, 2.05) is 18.2 Å². The number of nitrogens with one attached hydrogen (secondary N) is 1. The number of amides is 1. The molecule has 3 aromatic rings. The van der Waals surface area contributed by atoms with E-state index in [4.69, 9.17) is 0 Å². The molecule has 1 heterocycles. The molecule has 0 aliphatic rings. The molecule has 0 atom stereocenters. The van der Waals surface area contributed by atoms with Gasteiger partial charge < -0.3 is 10.4 Å². The van der Waals surface area contributed by atoms with Crippen molar-refractivity contribution >= 4 is 22.9 Å². The van der Waals surface area contributed by atoms with Crippen LogP contribution in [0.5, 0.6) is 0 Å². The van der Waals surface area contributed by atoms with Crippen LogP contribution in [0.1, 0.15) is 5.56 Å². The molecule has 0 aliphatic carbocycles. The predicted octanol–water partition coefficient (Wildman–Crippen LogP) is 0.683. The molecule has 1 aromatic heterocycles. The van der Waals surface area contributed by atoms with Gasteiger partial charge in [-0.3, -0.25) is 4.79 Å². The van der Waals surface area contributed by atoms with E-state index in [9.17, 15) is 15.2 Å². The minimum Gasteiger partial charge on any atom is -0.739 e. The van der Waals surface area contributed by atoms with Gasteiger partial charge in [0.15, 0.2) is 5.52 Å². The smallest absolute Gasteiger partial charge is 0.468 e. The fraction of sp³-hybridized carbons (Fsp3) is 0.0667. The van der Waals surface area contributed by atoms with Crippen LogP contribution in [0.2, 0.25) is 0 Å². The number of nitrogens with zero attached hydrogens (tertiary/aromatic N) is 3. The summed E-state index contributed by atoms with van der Waals surface area (Å²) in [5.74, 6) is -0.756. The highest BCUT2D eigenvalue weighted by Gasteiger charge is 2.22. The average Bonchev–Trinajstić information content (AvgIpc) is 2.53. The number of anilines is 1. The van der Waals surface area contributed by atoms with E-state index in [0.717, 1.165) is 5.56 Å². The summed E-state index contributed by atoms with van der Waals surface area (Å²) in [4.78, 5) is 12.3. The zero-order chi connectivity index (χ0) is 15.5. The maximum Gasteiger partial charge on any atom is 0.468 e. The lowest BCUT2D eigenvalue weighted by Gasteiger charge is -2.09. The van der Waals surface area contributed by atoms with Crippen LogP contribution in [0.15, 0.2) is 54.6 Å². The fourth-order valence-electron chi connectivity index (χ4n) is 2.12. The number of hydrogen-bond acceptors (Lipinski definition) is 4. The first-order valence-corrected chi connectivity index (χ1v) is 6.61. The van der Waals surface area contributed by atoms with Crippen LogP contribution in [-0.2, 0) is 11.2 Å². The van der Waals surface area contributed by atoms with Crippen molar-refractivity contribution in [1.82, 2.24) is 5.10 Å². The number of carbonyl (C=O) groups is 1. The Kier molecular flexibility index (Phi) is 3.53. The van der Waals surface area contributed by atoms with Crippen molar-refractivity contribution in [1.29, 1.82) is 0 Å². The second-order valence-electron chi connectivity index (χ2n) is 4.69. The lowest BCUT2D eigenvalue weighted by atomic mass is 10.1. The average molecular weight is 296 g/mol. The zero-order valence-electron chi connectivity index (χ0n) is 11.5. The zero-order valence-corrected chi connectivity index (χ0v) is 11.5. The Morgan fingerprint density at radius 2 is 1.64 bits per heavy atom. The van der Waals surface area contributed by atoms with Crippen molar-refractivity contribution in [2.45, 2.75) is 6.42 Å². The number of fused-ring (bicyclic) bond motifs is 1. The van der Waals surface area contributed by atoms with Crippen LogP contribution < -0.4 is 14.9 Å². The number of rotatable bonds is 3. The van der Waals surface area contributed by atoms with Crippen LogP contribution in [0.3, 0.4) is 0 Å². The van der Waals surface area contributed by atoms with E-state index < -0.39 is 5.91 Å². The third kappa shape index (κ3) is 2.64. The highest BCUT2D eigenvalue weighted by atomic mass is 16.5. The summed E-state index contributed by atoms with van der Waals surface area (Å²) in [5, 5.41) is 29.9. The summed E-state index contributed by atoms with van der Waals surface area (Å²) >= 11 is 0. The molecule has 0 spiro atoms. The van der Waals surface area contributed by atoms with Crippen LogP contribution in [-0.4, -0.2) is 11.0 Å². The van der Waals surface area contributed by atoms with Crippen molar-refractivity contribution in [3.8, 4) is 0 Å². The second kappa shape index (κ2) is 5.65. The molecular formula is C15H12N4O3. The monoisotopic (exact) mass is 296 g/mol. The van der Waals surface area contributed by atoms with Crippen molar-refractivity contribution in [3.05, 3.63) is 70.6 Å². The maximum absolute atomic E-state index is 12.2. The highest BCUT2D eigenvalue weighted by molar-refractivity contribution is 5.90. The molecule has 0 unspecified atom stereocenters. The molecule has 7 heteroatoms. The number of hydrogen-bond donors (Lipinski definition) is 1. The molecule has 0 saturated heterocycles. The van der Waals surface area contributed by atoms with E-state index >= 15 is 0 Å². The number of carbonyl (C=O) groups excluding carboxylic acids is 1. The second-order valence-corrected chi connectivity index (χ2v) is 4.69. The minimum atomic E-state index is -0.418. The summed E-state index contributed by atoms with van der Waals surface area (Å²) in [5.41, 5.74) is 1.08.